The van der Waals surface area contributed by atoms with E-state index in [1.165, 1.54) is 0 Å². The lowest BCUT2D eigenvalue weighted by Crippen LogP contribution is -2.41. The minimum atomic E-state index is -0.375. The zero-order chi connectivity index (χ0) is 12.8. The van der Waals surface area contributed by atoms with Gasteiger partial charge in [-0.2, -0.15) is 0 Å². The van der Waals surface area contributed by atoms with Crippen molar-refractivity contribution >= 4 is 41.0 Å². The largest absolute Gasteiger partial charge is 0.497 e. The van der Waals surface area contributed by atoms with E-state index in [1.54, 1.807) is 6.20 Å². The first-order valence-electron chi connectivity index (χ1n) is 5.49. The highest BCUT2D eigenvalue weighted by molar-refractivity contribution is 14.1. The Labute approximate surface area is 116 Å². The van der Waals surface area contributed by atoms with Crippen LogP contribution in [0.3, 0.4) is 0 Å². The lowest BCUT2D eigenvalue weighted by molar-refractivity contribution is 0.00578. The maximum Gasteiger partial charge on any atom is 0.497 e. The second-order valence-electron chi connectivity index (χ2n) is 5.22. The molecule has 0 amide bonds. The van der Waals surface area contributed by atoms with E-state index in [9.17, 15) is 0 Å². The van der Waals surface area contributed by atoms with Crippen LogP contribution in [0.1, 0.15) is 27.7 Å². The maximum atomic E-state index is 5.96. The molecular formula is C11H16BIN2O2. The van der Waals surface area contributed by atoms with Crippen molar-refractivity contribution in [3.8, 4) is 0 Å². The smallest absolute Gasteiger partial charge is 0.399 e. The van der Waals surface area contributed by atoms with Crippen LogP contribution >= 0.6 is 22.6 Å². The first kappa shape index (κ1) is 13.1. The van der Waals surface area contributed by atoms with Crippen molar-refractivity contribution in [1.82, 2.24) is 4.98 Å². The van der Waals surface area contributed by atoms with Gasteiger partial charge in [0.15, 0.2) is 0 Å². The molecule has 0 aliphatic carbocycles. The molecule has 0 radical (unpaired) electrons. The number of pyridine rings is 1. The van der Waals surface area contributed by atoms with Gasteiger partial charge in [0.05, 0.1) is 11.2 Å². The average Bonchev–Trinajstić information content (AvgIpc) is 2.35. The number of aromatic nitrogens is 1. The maximum absolute atomic E-state index is 5.96. The third kappa shape index (κ3) is 2.30. The average molecular weight is 346 g/mol. The molecule has 1 saturated heterocycles. The molecule has 1 aromatic heterocycles. The van der Waals surface area contributed by atoms with E-state index in [0.29, 0.717) is 5.82 Å². The summed E-state index contributed by atoms with van der Waals surface area (Å²) in [6.07, 6.45) is 1.72. The van der Waals surface area contributed by atoms with Crippen molar-refractivity contribution in [3.05, 3.63) is 15.8 Å². The van der Waals surface area contributed by atoms with Gasteiger partial charge in [-0.25, -0.2) is 4.98 Å². The number of nitrogen functional groups attached to an aromatic ring is 1. The normalized spacial score (nSPS) is 21.8. The van der Waals surface area contributed by atoms with Gasteiger partial charge in [0.25, 0.3) is 0 Å². The molecule has 0 bridgehead atoms. The van der Waals surface area contributed by atoms with Crippen LogP contribution in [-0.4, -0.2) is 23.3 Å². The summed E-state index contributed by atoms with van der Waals surface area (Å²) >= 11 is 2.22. The molecule has 4 nitrogen and oxygen atoms in total. The van der Waals surface area contributed by atoms with Crippen molar-refractivity contribution < 1.29 is 9.31 Å². The Morgan fingerprint density at radius 2 is 1.76 bits per heavy atom. The van der Waals surface area contributed by atoms with Gasteiger partial charge in [0.1, 0.15) is 5.82 Å². The third-order valence-corrected chi connectivity index (χ3v) is 4.34. The number of hydrogen-bond donors (Lipinski definition) is 1. The highest BCUT2D eigenvalue weighted by atomic mass is 127. The summed E-state index contributed by atoms with van der Waals surface area (Å²) in [5.41, 5.74) is 5.90. The quantitative estimate of drug-likeness (QED) is 0.620. The number of halogens is 1. The second-order valence-corrected chi connectivity index (χ2v) is 6.38. The van der Waals surface area contributed by atoms with Gasteiger partial charge in [-0.3, -0.25) is 0 Å². The molecule has 1 aliphatic heterocycles. The number of rotatable bonds is 1. The molecule has 2 N–H and O–H groups in total. The van der Waals surface area contributed by atoms with Crippen LogP contribution in [0.4, 0.5) is 5.82 Å². The van der Waals surface area contributed by atoms with Crippen LogP contribution in [0.15, 0.2) is 12.3 Å². The molecule has 0 atom stereocenters. The summed E-state index contributed by atoms with van der Waals surface area (Å²) in [5.74, 6) is 0.509. The summed E-state index contributed by atoms with van der Waals surface area (Å²) in [5, 5.41) is 0. The van der Waals surface area contributed by atoms with E-state index in [0.717, 1.165) is 9.03 Å². The topological polar surface area (TPSA) is 57.4 Å². The summed E-state index contributed by atoms with van der Waals surface area (Å²) in [6, 6.07) is 1.82. The number of anilines is 1. The van der Waals surface area contributed by atoms with Crippen molar-refractivity contribution in [2.45, 2.75) is 38.9 Å². The minimum absolute atomic E-state index is 0.331. The van der Waals surface area contributed by atoms with Gasteiger partial charge in [0, 0.05) is 15.2 Å². The fraction of sp³-hybridized carbons (Fsp3) is 0.545. The molecule has 17 heavy (non-hydrogen) atoms. The Bertz CT molecular complexity index is 435. The first-order chi connectivity index (χ1) is 7.73. The van der Waals surface area contributed by atoms with Crippen molar-refractivity contribution in [2.75, 3.05) is 5.73 Å². The Morgan fingerprint density at radius 3 is 2.24 bits per heavy atom. The van der Waals surface area contributed by atoms with Crippen LogP contribution in [0, 0.1) is 3.57 Å². The van der Waals surface area contributed by atoms with Crippen molar-refractivity contribution in [1.29, 1.82) is 0 Å². The summed E-state index contributed by atoms with van der Waals surface area (Å²) in [4.78, 5) is 4.09. The van der Waals surface area contributed by atoms with E-state index in [2.05, 4.69) is 27.6 Å². The number of nitrogens with two attached hydrogens (primary N) is 1. The summed E-state index contributed by atoms with van der Waals surface area (Å²) < 4.78 is 12.9. The molecule has 1 fully saturated rings. The zero-order valence-electron chi connectivity index (χ0n) is 10.5. The van der Waals surface area contributed by atoms with Gasteiger partial charge in [-0.05, 0) is 56.4 Å². The Kier molecular flexibility index (Phi) is 3.16. The molecule has 0 saturated carbocycles. The zero-order valence-corrected chi connectivity index (χ0v) is 12.6. The van der Waals surface area contributed by atoms with Crippen LogP contribution in [0.5, 0.6) is 0 Å². The van der Waals surface area contributed by atoms with Gasteiger partial charge >= 0.3 is 7.12 Å². The number of hydrogen-bond acceptors (Lipinski definition) is 4. The highest BCUT2D eigenvalue weighted by Crippen LogP contribution is 2.36. The fourth-order valence-corrected chi connectivity index (χ4v) is 2.31. The van der Waals surface area contributed by atoms with Crippen LogP contribution in [0.25, 0.3) is 0 Å². The minimum Gasteiger partial charge on any atom is -0.399 e. The van der Waals surface area contributed by atoms with Crippen molar-refractivity contribution in [2.24, 2.45) is 0 Å². The lowest BCUT2D eigenvalue weighted by atomic mass is 9.80. The van der Waals surface area contributed by atoms with E-state index in [1.807, 2.05) is 33.8 Å². The molecular weight excluding hydrogens is 330 g/mol. The first-order valence-corrected chi connectivity index (χ1v) is 6.57. The molecule has 92 valence electrons. The standard InChI is InChI=1S/C11H16BIN2O2/c1-10(2)11(3,4)17-12(16-10)7-6-15-9(14)5-8(7)13/h5-6H,1-4H3,(H2,14,15). The van der Waals surface area contributed by atoms with E-state index < -0.39 is 0 Å². The van der Waals surface area contributed by atoms with Crippen LogP contribution in [0.2, 0.25) is 0 Å². The monoisotopic (exact) mass is 346 g/mol. The van der Waals surface area contributed by atoms with Gasteiger partial charge in [0.2, 0.25) is 0 Å². The lowest BCUT2D eigenvalue weighted by Gasteiger charge is -2.32. The molecule has 1 aromatic rings. The molecule has 1 aliphatic rings. The molecule has 0 aromatic carbocycles. The van der Waals surface area contributed by atoms with E-state index in [4.69, 9.17) is 15.0 Å². The Hall–Kier alpha value is -0.335. The summed E-state index contributed by atoms with van der Waals surface area (Å²) in [6.45, 7) is 8.13. The number of nitrogens with zero attached hydrogens (tertiary/aromatic N) is 1. The van der Waals surface area contributed by atoms with Crippen LogP contribution < -0.4 is 11.2 Å². The highest BCUT2D eigenvalue weighted by Gasteiger charge is 2.52. The van der Waals surface area contributed by atoms with Gasteiger partial charge < -0.3 is 15.0 Å². The molecule has 6 heteroatoms. The fourth-order valence-electron chi connectivity index (χ4n) is 1.60. The molecule has 2 rings (SSSR count). The molecule has 0 spiro atoms. The third-order valence-electron chi connectivity index (χ3n) is 3.41. The van der Waals surface area contributed by atoms with Crippen LogP contribution in [-0.2, 0) is 9.31 Å². The molecule has 0 unspecified atom stereocenters. The molecule has 2 heterocycles. The Morgan fingerprint density at radius 1 is 1.24 bits per heavy atom. The SMILES string of the molecule is CC1(C)OB(c2cnc(N)cc2I)OC1(C)C. The Balaban J connectivity index is 2.32. The summed E-state index contributed by atoms with van der Waals surface area (Å²) in [7, 11) is -0.375. The predicted octanol–water partition coefficient (Wildman–Crippen LogP) is 1.57. The van der Waals surface area contributed by atoms with E-state index >= 15 is 0 Å². The van der Waals surface area contributed by atoms with Gasteiger partial charge in [-0.15, -0.1) is 0 Å². The van der Waals surface area contributed by atoms with Gasteiger partial charge in [-0.1, -0.05) is 0 Å². The van der Waals surface area contributed by atoms with Crippen molar-refractivity contribution in [3.63, 3.8) is 0 Å². The second kappa shape index (κ2) is 4.10. The van der Waals surface area contributed by atoms with E-state index in [-0.39, 0.29) is 18.3 Å². The predicted molar refractivity (Wildman–Crippen MR) is 77.1 cm³/mol.